The van der Waals surface area contributed by atoms with Crippen LogP contribution in [0, 0.1) is 0 Å². The van der Waals surface area contributed by atoms with Crippen molar-refractivity contribution < 1.29 is 0 Å². The predicted molar refractivity (Wildman–Crippen MR) is 89.1 cm³/mol. The molecule has 104 valence electrons. The van der Waals surface area contributed by atoms with Crippen LogP contribution in [0.4, 0.5) is 5.69 Å². The Bertz CT molecular complexity index is 819. The largest absolute Gasteiger partial charge is 0.387 e. The fourth-order valence-electron chi connectivity index (χ4n) is 2.21. The third kappa shape index (κ3) is 2.88. The molecular weight excluding hydrogens is 282 g/mol. The molecule has 0 radical (unpaired) electrons. The van der Waals surface area contributed by atoms with Gasteiger partial charge in [0.15, 0.2) is 0 Å². The van der Waals surface area contributed by atoms with Crippen LogP contribution >= 0.6 is 11.6 Å². The topological polar surface area (TPSA) is 51.3 Å². The van der Waals surface area contributed by atoms with E-state index in [1.54, 1.807) is 6.92 Å². The molecule has 21 heavy (non-hydrogen) atoms. The fraction of sp³-hybridized carbons (Fsp3) is 0.0588. The van der Waals surface area contributed by atoms with Crippen molar-refractivity contribution in [2.75, 3.05) is 0 Å². The summed E-state index contributed by atoms with van der Waals surface area (Å²) in [7, 11) is 0. The Hall–Kier alpha value is -2.39. The molecule has 0 saturated carbocycles. The maximum Gasteiger partial charge on any atom is 0.0965 e. The molecule has 1 aromatic heterocycles. The van der Waals surface area contributed by atoms with Gasteiger partial charge in [-0.05, 0) is 31.2 Å². The average molecular weight is 296 g/mol. The van der Waals surface area contributed by atoms with Crippen LogP contribution in [0.5, 0.6) is 0 Å². The third-order valence-corrected chi connectivity index (χ3v) is 3.38. The summed E-state index contributed by atoms with van der Waals surface area (Å²) < 4.78 is 0. The maximum absolute atomic E-state index is 5.94. The van der Waals surface area contributed by atoms with Gasteiger partial charge in [-0.15, -0.1) is 0 Å². The first-order chi connectivity index (χ1) is 10.1. The minimum absolute atomic E-state index is 0.522. The third-order valence-electron chi connectivity index (χ3n) is 3.13. The number of nitrogens with zero attached hydrogens (tertiary/aromatic N) is 2. The average Bonchev–Trinajstić information content (AvgIpc) is 2.47. The smallest absolute Gasteiger partial charge is 0.0965 e. The number of pyridine rings is 1. The zero-order valence-corrected chi connectivity index (χ0v) is 12.3. The number of para-hydroxylation sites is 1. The molecule has 0 amide bonds. The van der Waals surface area contributed by atoms with Gasteiger partial charge >= 0.3 is 0 Å². The summed E-state index contributed by atoms with van der Waals surface area (Å²) in [5.41, 5.74) is 9.30. The number of aliphatic imine (C=N–C) groups is 1. The summed E-state index contributed by atoms with van der Waals surface area (Å²) in [6.07, 6.45) is 0. The Morgan fingerprint density at radius 3 is 2.52 bits per heavy atom. The van der Waals surface area contributed by atoms with E-state index in [9.17, 15) is 0 Å². The standard InChI is InChI=1S/C17H14ClN3/c1-11(19)20-17-10-16(12-6-8-13(18)9-7-12)21-15-5-3-2-4-14(15)17/h2-10H,1H3,(H2,19,20,21). The van der Waals surface area contributed by atoms with Gasteiger partial charge in [-0.2, -0.15) is 0 Å². The van der Waals surface area contributed by atoms with E-state index in [0.29, 0.717) is 10.9 Å². The predicted octanol–water partition coefficient (Wildman–Crippen LogP) is 4.56. The van der Waals surface area contributed by atoms with Gasteiger partial charge in [0.2, 0.25) is 0 Å². The summed E-state index contributed by atoms with van der Waals surface area (Å²) >= 11 is 5.94. The molecule has 1 heterocycles. The van der Waals surface area contributed by atoms with Gasteiger partial charge in [-0.25, -0.2) is 9.98 Å². The summed E-state index contributed by atoms with van der Waals surface area (Å²) in [6.45, 7) is 1.77. The molecule has 0 spiro atoms. The number of nitrogens with two attached hydrogens (primary N) is 1. The molecule has 3 aromatic rings. The Morgan fingerprint density at radius 1 is 1.10 bits per heavy atom. The molecule has 0 atom stereocenters. The molecule has 0 saturated heterocycles. The van der Waals surface area contributed by atoms with Gasteiger partial charge in [0, 0.05) is 16.0 Å². The molecule has 4 heteroatoms. The zero-order valence-electron chi connectivity index (χ0n) is 11.5. The van der Waals surface area contributed by atoms with Crippen LogP contribution in [0.1, 0.15) is 6.92 Å². The lowest BCUT2D eigenvalue weighted by Gasteiger charge is -2.07. The van der Waals surface area contributed by atoms with E-state index in [-0.39, 0.29) is 0 Å². The van der Waals surface area contributed by atoms with Crippen LogP contribution in [0.3, 0.4) is 0 Å². The molecular formula is C17H14ClN3. The number of fused-ring (bicyclic) bond motifs is 1. The molecule has 0 aliphatic carbocycles. The Labute approximate surface area is 128 Å². The van der Waals surface area contributed by atoms with Crippen LogP contribution in [0.25, 0.3) is 22.2 Å². The summed E-state index contributed by atoms with van der Waals surface area (Å²) in [5, 5.41) is 1.69. The Balaban J connectivity index is 2.25. The highest BCUT2D eigenvalue weighted by atomic mass is 35.5. The lowest BCUT2D eigenvalue weighted by Crippen LogP contribution is -2.04. The minimum Gasteiger partial charge on any atom is -0.387 e. The first kappa shape index (κ1) is 13.6. The number of benzene rings is 2. The Kier molecular flexibility index (Phi) is 3.59. The second kappa shape index (κ2) is 5.54. The van der Waals surface area contributed by atoms with E-state index in [2.05, 4.69) is 9.98 Å². The Morgan fingerprint density at radius 2 is 1.81 bits per heavy atom. The molecule has 0 aliphatic rings. The lowest BCUT2D eigenvalue weighted by molar-refractivity contribution is 1.37. The van der Waals surface area contributed by atoms with Crippen molar-refractivity contribution in [1.29, 1.82) is 0 Å². The quantitative estimate of drug-likeness (QED) is 0.556. The van der Waals surface area contributed by atoms with Crippen molar-refractivity contribution in [3.05, 3.63) is 59.6 Å². The van der Waals surface area contributed by atoms with E-state index in [1.165, 1.54) is 0 Å². The zero-order chi connectivity index (χ0) is 14.8. The SMILES string of the molecule is CC(N)=Nc1cc(-c2ccc(Cl)cc2)nc2ccccc12. The van der Waals surface area contributed by atoms with Crippen molar-refractivity contribution in [2.24, 2.45) is 10.7 Å². The maximum atomic E-state index is 5.94. The molecule has 3 rings (SSSR count). The summed E-state index contributed by atoms with van der Waals surface area (Å²) in [4.78, 5) is 9.11. The van der Waals surface area contributed by atoms with E-state index in [0.717, 1.165) is 27.8 Å². The number of hydrogen-bond donors (Lipinski definition) is 1. The fourth-order valence-corrected chi connectivity index (χ4v) is 2.33. The monoisotopic (exact) mass is 295 g/mol. The van der Waals surface area contributed by atoms with Crippen LogP contribution in [-0.2, 0) is 0 Å². The highest BCUT2D eigenvalue weighted by Crippen LogP contribution is 2.30. The molecule has 3 nitrogen and oxygen atoms in total. The van der Waals surface area contributed by atoms with Crippen LogP contribution in [-0.4, -0.2) is 10.8 Å². The van der Waals surface area contributed by atoms with Crippen molar-refractivity contribution in [2.45, 2.75) is 6.92 Å². The van der Waals surface area contributed by atoms with E-state index < -0.39 is 0 Å². The van der Waals surface area contributed by atoms with Crippen molar-refractivity contribution in [1.82, 2.24) is 4.98 Å². The lowest BCUT2D eigenvalue weighted by atomic mass is 10.1. The first-order valence-electron chi connectivity index (χ1n) is 6.60. The van der Waals surface area contributed by atoms with Crippen LogP contribution in [0.2, 0.25) is 5.02 Å². The van der Waals surface area contributed by atoms with Crippen molar-refractivity contribution in [3.8, 4) is 11.3 Å². The summed E-state index contributed by atoms with van der Waals surface area (Å²) in [5.74, 6) is 0.522. The number of rotatable bonds is 2. The minimum atomic E-state index is 0.522. The molecule has 0 unspecified atom stereocenters. The van der Waals surface area contributed by atoms with Gasteiger partial charge in [0.25, 0.3) is 0 Å². The van der Waals surface area contributed by atoms with Crippen LogP contribution in [0.15, 0.2) is 59.6 Å². The van der Waals surface area contributed by atoms with E-state index >= 15 is 0 Å². The molecule has 2 aromatic carbocycles. The van der Waals surface area contributed by atoms with Gasteiger partial charge in [-0.3, -0.25) is 0 Å². The van der Waals surface area contributed by atoms with Crippen molar-refractivity contribution >= 4 is 34.0 Å². The second-order valence-corrected chi connectivity index (χ2v) is 5.24. The number of amidine groups is 1. The van der Waals surface area contributed by atoms with E-state index in [1.807, 2.05) is 54.6 Å². The number of hydrogen-bond acceptors (Lipinski definition) is 2. The van der Waals surface area contributed by atoms with Gasteiger partial charge in [-0.1, -0.05) is 41.9 Å². The highest BCUT2D eigenvalue weighted by Gasteiger charge is 2.07. The van der Waals surface area contributed by atoms with Crippen molar-refractivity contribution in [3.63, 3.8) is 0 Å². The number of aromatic nitrogens is 1. The van der Waals surface area contributed by atoms with Gasteiger partial charge < -0.3 is 5.73 Å². The highest BCUT2D eigenvalue weighted by molar-refractivity contribution is 6.30. The van der Waals surface area contributed by atoms with Gasteiger partial charge in [0.1, 0.15) is 0 Å². The molecule has 0 fully saturated rings. The first-order valence-corrected chi connectivity index (χ1v) is 6.98. The van der Waals surface area contributed by atoms with E-state index in [4.69, 9.17) is 17.3 Å². The molecule has 0 aliphatic heterocycles. The summed E-state index contributed by atoms with van der Waals surface area (Å²) in [6, 6.07) is 17.4. The second-order valence-electron chi connectivity index (χ2n) is 4.80. The number of halogens is 1. The molecule has 2 N–H and O–H groups in total. The molecule has 0 bridgehead atoms. The van der Waals surface area contributed by atoms with Gasteiger partial charge in [0.05, 0.1) is 22.7 Å². The normalized spacial score (nSPS) is 11.8. The van der Waals surface area contributed by atoms with Crippen LogP contribution < -0.4 is 5.73 Å².